The third-order valence-corrected chi connectivity index (χ3v) is 7.92. The molecule has 0 saturated carbocycles. The van der Waals surface area contributed by atoms with Gasteiger partial charge in [-0.1, -0.05) is 6.07 Å². The molecule has 1 saturated heterocycles. The number of hydrogen-bond acceptors (Lipinski definition) is 5. The highest BCUT2D eigenvalue weighted by molar-refractivity contribution is 7.89. The lowest BCUT2D eigenvalue weighted by Crippen LogP contribution is -2.61. The monoisotopic (exact) mass is 477 g/mol. The van der Waals surface area contributed by atoms with Crippen LogP contribution in [0, 0.1) is 11.6 Å². The topological polar surface area (TPSA) is 69.7 Å². The Balaban J connectivity index is 0.00000256. The Morgan fingerprint density at radius 2 is 1.90 bits per heavy atom. The zero-order valence-electron chi connectivity index (χ0n) is 16.0. The standard InChI is InChI=1S/C19H21F2N3O3S2.ClH/c20-15-2-1-3-16(21)19(15)29(26,27)22-7-4-18(25)24-11-14(12-24)23-8-5-17-13(10-23)6-9-28-17;/h1-3,6,9,14,22H,4-5,7-8,10-12H2;1H. The predicted molar refractivity (Wildman–Crippen MR) is 112 cm³/mol. The first kappa shape index (κ1) is 23.1. The van der Waals surface area contributed by atoms with Crippen molar-refractivity contribution in [2.24, 2.45) is 0 Å². The molecule has 6 nitrogen and oxygen atoms in total. The fourth-order valence-corrected chi connectivity index (χ4v) is 5.79. The maximum Gasteiger partial charge on any atom is 0.246 e. The van der Waals surface area contributed by atoms with Crippen LogP contribution in [0.2, 0.25) is 0 Å². The van der Waals surface area contributed by atoms with Gasteiger partial charge in [0.05, 0.1) is 0 Å². The second kappa shape index (κ2) is 9.27. The molecule has 0 aliphatic carbocycles. The van der Waals surface area contributed by atoms with Crippen LogP contribution < -0.4 is 4.72 Å². The van der Waals surface area contributed by atoms with E-state index in [1.807, 2.05) is 0 Å². The molecular weight excluding hydrogens is 456 g/mol. The molecule has 0 bridgehead atoms. The van der Waals surface area contributed by atoms with E-state index >= 15 is 0 Å². The number of benzene rings is 1. The summed E-state index contributed by atoms with van der Waals surface area (Å²) in [5.74, 6) is -2.50. The SMILES string of the molecule is Cl.O=C(CCNS(=O)(=O)c1c(F)cccc1F)N1CC(N2CCc3sccc3C2)C1. The van der Waals surface area contributed by atoms with E-state index in [2.05, 4.69) is 21.1 Å². The van der Waals surface area contributed by atoms with Gasteiger partial charge in [0.15, 0.2) is 4.90 Å². The van der Waals surface area contributed by atoms with Gasteiger partial charge in [-0.2, -0.15) is 0 Å². The lowest BCUT2D eigenvalue weighted by atomic mass is 10.0. The van der Waals surface area contributed by atoms with Gasteiger partial charge >= 0.3 is 0 Å². The van der Waals surface area contributed by atoms with E-state index in [4.69, 9.17) is 0 Å². The highest BCUT2D eigenvalue weighted by Gasteiger charge is 2.36. The second-order valence-electron chi connectivity index (χ2n) is 7.24. The van der Waals surface area contributed by atoms with E-state index in [-0.39, 0.29) is 31.3 Å². The number of amides is 1. The fraction of sp³-hybridized carbons (Fsp3) is 0.421. The van der Waals surface area contributed by atoms with Crippen molar-refractivity contribution in [3.63, 3.8) is 0 Å². The summed E-state index contributed by atoms with van der Waals surface area (Å²) in [4.78, 5) is 16.8. The minimum absolute atomic E-state index is 0. The lowest BCUT2D eigenvalue weighted by molar-refractivity contribution is -0.138. The van der Waals surface area contributed by atoms with Gasteiger partial charge < -0.3 is 4.90 Å². The van der Waals surface area contributed by atoms with Crippen LogP contribution in [0.3, 0.4) is 0 Å². The first-order valence-electron chi connectivity index (χ1n) is 9.36. The van der Waals surface area contributed by atoms with Crippen molar-refractivity contribution in [1.29, 1.82) is 0 Å². The second-order valence-corrected chi connectivity index (χ2v) is 9.95. The minimum Gasteiger partial charge on any atom is -0.339 e. The van der Waals surface area contributed by atoms with E-state index in [1.54, 1.807) is 16.2 Å². The molecule has 1 fully saturated rings. The van der Waals surface area contributed by atoms with Crippen LogP contribution in [0.1, 0.15) is 16.9 Å². The summed E-state index contributed by atoms with van der Waals surface area (Å²) in [6.45, 7) is 2.91. The van der Waals surface area contributed by atoms with E-state index in [0.717, 1.165) is 37.7 Å². The molecule has 30 heavy (non-hydrogen) atoms. The summed E-state index contributed by atoms with van der Waals surface area (Å²) >= 11 is 1.79. The molecule has 1 aromatic heterocycles. The highest BCUT2D eigenvalue weighted by atomic mass is 35.5. The highest BCUT2D eigenvalue weighted by Crippen LogP contribution is 2.27. The van der Waals surface area contributed by atoms with Crippen LogP contribution in [0.4, 0.5) is 8.78 Å². The normalized spacial score (nSPS) is 17.2. The smallest absolute Gasteiger partial charge is 0.246 e. The predicted octanol–water partition coefficient (Wildman–Crippen LogP) is 2.39. The van der Waals surface area contributed by atoms with Crippen molar-refractivity contribution < 1.29 is 22.0 Å². The number of nitrogens with zero attached hydrogens (tertiary/aromatic N) is 2. The molecule has 4 rings (SSSR count). The first-order chi connectivity index (χ1) is 13.8. The van der Waals surface area contributed by atoms with Crippen LogP contribution >= 0.6 is 23.7 Å². The Labute approximate surface area is 184 Å². The summed E-state index contributed by atoms with van der Waals surface area (Å²) in [6, 6.07) is 5.31. The van der Waals surface area contributed by atoms with Gasteiger partial charge in [0.25, 0.3) is 0 Å². The zero-order valence-corrected chi connectivity index (χ0v) is 18.5. The Bertz CT molecular complexity index is 1010. The molecule has 2 aliphatic rings. The molecule has 0 spiro atoms. The Kier molecular flexibility index (Phi) is 7.13. The molecule has 1 aromatic carbocycles. The quantitative estimate of drug-likeness (QED) is 0.693. The molecule has 0 radical (unpaired) electrons. The van der Waals surface area contributed by atoms with Gasteiger partial charge in [0.2, 0.25) is 15.9 Å². The third-order valence-electron chi connectivity index (χ3n) is 5.39. The Morgan fingerprint density at radius 1 is 1.20 bits per heavy atom. The number of thiophene rings is 1. The van der Waals surface area contributed by atoms with Crippen molar-refractivity contribution >= 4 is 39.7 Å². The minimum atomic E-state index is -4.36. The van der Waals surface area contributed by atoms with Crippen LogP contribution in [0.25, 0.3) is 0 Å². The molecule has 3 heterocycles. The van der Waals surface area contributed by atoms with Gasteiger partial charge in [-0.15, -0.1) is 23.7 Å². The van der Waals surface area contributed by atoms with Crippen LogP contribution in [0.5, 0.6) is 0 Å². The van der Waals surface area contributed by atoms with Crippen molar-refractivity contribution in [1.82, 2.24) is 14.5 Å². The fourth-order valence-electron chi connectivity index (χ4n) is 3.73. The van der Waals surface area contributed by atoms with Crippen molar-refractivity contribution in [2.45, 2.75) is 30.3 Å². The summed E-state index contributed by atoms with van der Waals surface area (Å²) in [5, 5.41) is 2.11. The van der Waals surface area contributed by atoms with E-state index in [1.165, 1.54) is 10.4 Å². The van der Waals surface area contributed by atoms with E-state index < -0.39 is 26.6 Å². The third kappa shape index (κ3) is 4.67. The molecule has 2 aliphatic heterocycles. The summed E-state index contributed by atoms with van der Waals surface area (Å²) in [6.07, 6.45) is 0.975. The average molecular weight is 478 g/mol. The number of nitrogens with one attached hydrogen (secondary N) is 1. The maximum absolute atomic E-state index is 13.7. The molecule has 2 aromatic rings. The van der Waals surface area contributed by atoms with Crippen molar-refractivity contribution in [3.05, 3.63) is 51.7 Å². The van der Waals surface area contributed by atoms with Gasteiger partial charge in [-0.25, -0.2) is 21.9 Å². The number of fused-ring (bicyclic) bond motifs is 1. The van der Waals surface area contributed by atoms with Crippen molar-refractivity contribution in [3.8, 4) is 0 Å². The van der Waals surface area contributed by atoms with Crippen LogP contribution in [-0.2, 0) is 27.8 Å². The van der Waals surface area contributed by atoms with Gasteiger partial charge in [-0.05, 0) is 35.6 Å². The van der Waals surface area contributed by atoms with Gasteiger partial charge in [0.1, 0.15) is 11.6 Å². The number of hydrogen-bond donors (Lipinski definition) is 1. The van der Waals surface area contributed by atoms with Gasteiger partial charge in [-0.3, -0.25) is 9.69 Å². The molecule has 0 unspecified atom stereocenters. The summed E-state index contributed by atoms with van der Waals surface area (Å²) < 4.78 is 53.7. The molecule has 1 N–H and O–H groups in total. The van der Waals surface area contributed by atoms with E-state index in [0.29, 0.717) is 19.1 Å². The molecule has 0 atom stereocenters. The molecule has 11 heteroatoms. The molecular formula is C19H22ClF2N3O3S2. The average Bonchev–Trinajstić information content (AvgIpc) is 3.07. The first-order valence-corrected chi connectivity index (χ1v) is 11.7. The van der Waals surface area contributed by atoms with Crippen LogP contribution in [0.15, 0.2) is 34.5 Å². The number of likely N-dealkylation sites (tertiary alicyclic amines) is 1. The number of carbonyl (C=O) groups is 1. The van der Waals surface area contributed by atoms with Crippen molar-refractivity contribution in [2.75, 3.05) is 26.2 Å². The summed E-state index contributed by atoms with van der Waals surface area (Å²) in [7, 11) is -4.36. The zero-order chi connectivity index (χ0) is 20.6. The largest absolute Gasteiger partial charge is 0.339 e. The molecule has 164 valence electrons. The number of carbonyl (C=O) groups excluding carboxylic acids is 1. The lowest BCUT2D eigenvalue weighted by Gasteiger charge is -2.46. The number of halogens is 3. The molecule has 1 amide bonds. The van der Waals surface area contributed by atoms with Gasteiger partial charge in [0, 0.05) is 50.1 Å². The maximum atomic E-state index is 13.7. The Morgan fingerprint density at radius 3 is 2.60 bits per heavy atom. The summed E-state index contributed by atoms with van der Waals surface area (Å²) in [5.41, 5.74) is 1.36. The van der Waals surface area contributed by atoms with Crippen LogP contribution in [-0.4, -0.2) is 56.3 Å². The Hall–Kier alpha value is -1.59. The van der Waals surface area contributed by atoms with E-state index in [9.17, 15) is 22.0 Å². The number of sulfonamides is 1. The number of rotatable bonds is 6.